The van der Waals surface area contributed by atoms with Crippen molar-refractivity contribution in [2.24, 2.45) is 5.73 Å². The number of amides is 1. The lowest BCUT2D eigenvalue weighted by Gasteiger charge is -2.11. The third-order valence-corrected chi connectivity index (χ3v) is 4.29. The Morgan fingerprint density at radius 2 is 2.23 bits per heavy atom. The van der Waals surface area contributed by atoms with E-state index in [4.69, 9.17) is 10.5 Å². The van der Waals surface area contributed by atoms with E-state index in [0.29, 0.717) is 18.3 Å². The van der Waals surface area contributed by atoms with Gasteiger partial charge >= 0.3 is 0 Å². The quantitative estimate of drug-likeness (QED) is 0.787. The Hall–Kier alpha value is -1.86. The number of carbonyl (C=O) groups excluding carboxylic acids is 1. The number of primary amides is 1. The second-order valence-electron chi connectivity index (χ2n) is 4.98. The number of aryl methyl sites for hydroxylation is 1. The van der Waals surface area contributed by atoms with Crippen LogP contribution < -0.4 is 5.73 Å². The lowest BCUT2D eigenvalue weighted by molar-refractivity contribution is -0.117. The lowest BCUT2D eigenvalue weighted by Crippen LogP contribution is -2.23. The normalized spacial score (nSPS) is 12.3. The van der Waals surface area contributed by atoms with Gasteiger partial charge in [-0.05, 0) is 19.9 Å². The monoisotopic (exact) mass is 320 g/mol. The van der Waals surface area contributed by atoms with Gasteiger partial charge in [-0.3, -0.25) is 9.36 Å². The van der Waals surface area contributed by atoms with Crippen LogP contribution in [-0.4, -0.2) is 39.6 Å². The van der Waals surface area contributed by atoms with Crippen molar-refractivity contribution in [1.29, 1.82) is 0 Å². The average molecular weight is 320 g/mol. The van der Waals surface area contributed by atoms with E-state index < -0.39 is 0 Å². The first-order valence-electron chi connectivity index (χ1n) is 6.98. The number of hydrogen-bond donors (Lipinski definition) is 1. The van der Waals surface area contributed by atoms with Gasteiger partial charge in [-0.1, -0.05) is 35.5 Å². The van der Waals surface area contributed by atoms with E-state index in [9.17, 15) is 4.79 Å². The average Bonchev–Trinajstić information content (AvgIpc) is 2.87. The molecule has 1 aromatic carbocycles. The largest absolute Gasteiger partial charge is 0.383 e. The van der Waals surface area contributed by atoms with Crippen molar-refractivity contribution in [3.8, 4) is 11.4 Å². The summed E-state index contributed by atoms with van der Waals surface area (Å²) in [5.41, 5.74) is 7.47. The topological polar surface area (TPSA) is 83.0 Å². The number of ether oxygens (including phenoxy) is 1. The van der Waals surface area contributed by atoms with Gasteiger partial charge in [0.2, 0.25) is 5.91 Å². The molecule has 1 aromatic heterocycles. The summed E-state index contributed by atoms with van der Waals surface area (Å²) in [4.78, 5) is 11.3. The van der Waals surface area contributed by atoms with Crippen LogP contribution in [0.4, 0.5) is 0 Å². The highest BCUT2D eigenvalue weighted by Crippen LogP contribution is 2.27. The van der Waals surface area contributed by atoms with E-state index in [2.05, 4.69) is 16.3 Å². The van der Waals surface area contributed by atoms with Gasteiger partial charge in [0.15, 0.2) is 11.0 Å². The first kappa shape index (κ1) is 16.5. The summed E-state index contributed by atoms with van der Waals surface area (Å²) in [6.07, 6.45) is 0. The van der Waals surface area contributed by atoms with Gasteiger partial charge in [-0.25, -0.2) is 0 Å². The molecule has 2 rings (SSSR count). The minimum Gasteiger partial charge on any atom is -0.383 e. The van der Waals surface area contributed by atoms with E-state index in [1.807, 2.05) is 29.7 Å². The lowest BCUT2D eigenvalue weighted by atomic mass is 10.1. The molecule has 118 valence electrons. The van der Waals surface area contributed by atoms with Crippen molar-refractivity contribution >= 4 is 17.7 Å². The van der Waals surface area contributed by atoms with E-state index in [1.54, 1.807) is 14.0 Å². The molecule has 0 aliphatic heterocycles. The molecule has 2 aromatic rings. The number of hydrogen-bond acceptors (Lipinski definition) is 5. The van der Waals surface area contributed by atoms with Crippen molar-refractivity contribution in [1.82, 2.24) is 14.8 Å². The van der Waals surface area contributed by atoms with Crippen LogP contribution >= 0.6 is 11.8 Å². The summed E-state index contributed by atoms with van der Waals surface area (Å²) in [7, 11) is 1.65. The van der Waals surface area contributed by atoms with Crippen molar-refractivity contribution in [3.63, 3.8) is 0 Å². The number of aromatic nitrogens is 3. The van der Waals surface area contributed by atoms with Crippen LogP contribution in [0.3, 0.4) is 0 Å². The molecule has 0 unspecified atom stereocenters. The summed E-state index contributed by atoms with van der Waals surface area (Å²) in [6.45, 7) is 4.94. The van der Waals surface area contributed by atoms with E-state index >= 15 is 0 Å². The number of carbonyl (C=O) groups is 1. The molecular weight excluding hydrogens is 300 g/mol. The highest BCUT2D eigenvalue weighted by molar-refractivity contribution is 8.00. The van der Waals surface area contributed by atoms with E-state index in [-0.39, 0.29) is 11.2 Å². The Bertz CT molecular complexity index is 657. The Labute approximate surface area is 134 Å². The third-order valence-electron chi connectivity index (χ3n) is 3.19. The predicted molar refractivity (Wildman–Crippen MR) is 86.6 cm³/mol. The van der Waals surface area contributed by atoms with Crippen LogP contribution in [0.15, 0.2) is 29.4 Å². The van der Waals surface area contributed by atoms with Crippen LogP contribution in [-0.2, 0) is 16.1 Å². The minimum absolute atomic E-state index is 0.365. The first-order valence-corrected chi connectivity index (χ1v) is 7.86. The van der Waals surface area contributed by atoms with Crippen LogP contribution in [0.25, 0.3) is 11.4 Å². The number of benzene rings is 1. The summed E-state index contributed by atoms with van der Waals surface area (Å²) < 4.78 is 7.12. The molecule has 7 heteroatoms. The Morgan fingerprint density at radius 3 is 2.86 bits per heavy atom. The van der Waals surface area contributed by atoms with Crippen LogP contribution in [0.5, 0.6) is 0 Å². The van der Waals surface area contributed by atoms with E-state index in [0.717, 1.165) is 17.0 Å². The fourth-order valence-corrected chi connectivity index (χ4v) is 2.80. The molecule has 0 spiro atoms. The number of thioether (sulfide) groups is 1. The van der Waals surface area contributed by atoms with Crippen molar-refractivity contribution < 1.29 is 9.53 Å². The van der Waals surface area contributed by atoms with Gasteiger partial charge in [-0.15, -0.1) is 10.2 Å². The molecule has 1 amide bonds. The number of nitrogens with zero attached hydrogens (tertiary/aromatic N) is 3. The molecule has 0 aliphatic carbocycles. The van der Waals surface area contributed by atoms with Crippen LogP contribution in [0.1, 0.15) is 12.5 Å². The Morgan fingerprint density at radius 1 is 1.45 bits per heavy atom. The molecule has 0 aliphatic rings. The maximum atomic E-state index is 11.3. The molecule has 0 radical (unpaired) electrons. The zero-order valence-corrected chi connectivity index (χ0v) is 13.8. The molecule has 2 N–H and O–H groups in total. The van der Waals surface area contributed by atoms with Gasteiger partial charge in [0.05, 0.1) is 18.4 Å². The fourth-order valence-electron chi connectivity index (χ4n) is 1.97. The number of methoxy groups -OCH3 is 1. The van der Waals surface area contributed by atoms with Crippen LogP contribution in [0.2, 0.25) is 0 Å². The van der Waals surface area contributed by atoms with Crippen molar-refractivity contribution in [2.45, 2.75) is 30.8 Å². The molecule has 0 saturated carbocycles. The van der Waals surface area contributed by atoms with Gasteiger partial charge < -0.3 is 10.5 Å². The maximum absolute atomic E-state index is 11.3. The summed E-state index contributed by atoms with van der Waals surface area (Å²) in [6, 6.07) is 8.06. The highest BCUT2D eigenvalue weighted by Gasteiger charge is 2.19. The SMILES string of the molecule is COCCn1c(S[C@@H](C)C(N)=O)nnc1-c1cccc(C)c1. The van der Waals surface area contributed by atoms with Crippen molar-refractivity contribution in [2.75, 3.05) is 13.7 Å². The summed E-state index contributed by atoms with van der Waals surface area (Å²) >= 11 is 1.31. The maximum Gasteiger partial charge on any atom is 0.230 e. The minimum atomic E-state index is -0.372. The van der Waals surface area contributed by atoms with Gasteiger partial charge in [-0.2, -0.15) is 0 Å². The summed E-state index contributed by atoms with van der Waals surface area (Å²) in [5, 5.41) is 8.79. The highest BCUT2D eigenvalue weighted by atomic mass is 32.2. The van der Waals surface area contributed by atoms with E-state index in [1.165, 1.54) is 11.8 Å². The molecular formula is C15H20N4O2S. The third kappa shape index (κ3) is 3.86. The smallest absolute Gasteiger partial charge is 0.230 e. The van der Waals surface area contributed by atoms with Gasteiger partial charge in [0, 0.05) is 12.7 Å². The fraction of sp³-hybridized carbons (Fsp3) is 0.400. The second-order valence-corrected chi connectivity index (χ2v) is 6.29. The molecule has 1 atom stereocenters. The molecule has 0 fully saturated rings. The summed E-state index contributed by atoms with van der Waals surface area (Å²) in [5.74, 6) is 0.392. The molecule has 1 heterocycles. The molecule has 22 heavy (non-hydrogen) atoms. The second kappa shape index (κ2) is 7.42. The van der Waals surface area contributed by atoms with Crippen molar-refractivity contribution in [3.05, 3.63) is 29.8 Å². The van der Waals surface area contributed by atoms with Gasteiger partial charge in [0.25, 0.3) is 0 Å². The van der Waals surface area contributed by atoms with Gasteiger partial charge in [0.1, 0.15) is 0 Å². The standard InChI is InChI=1S/C15H20N4O2S/c1-10-5-4-6-12(9-10)14-17-18-15(19(14)7-8-21-3)22-11(2)13(16)20/h4-6,9,11H,7-8H2,1-3H3,(H2,16,20)/t11-/m0/s1. The zero-order chi connectivity index (χ0) is 16.1. The molecule has 0 bridgehead atoms. The first-order chi connectivity index (χ1) is 10.5. The number of nitrogens with two attached hydrogens (primary N) is 1. The Kier molecular flexibility index (Phi) is 5.57. The van der Waals surface area contributed by atoms with Crippen LogP contribution in [0, 0.1) is 6.92 Å². The molecule has 6 nitrogen and oxygen atoms in total. The zero-order valence-electron chi connectivity index (χ0n) is 12.9. The Balaban J connectivity index is 2.37. The predicted octanol–water partition coefficient (Wildman–Crippen LogP) is 1.87. The number of rotatable bonds is 7. The molecule has 0 saturated heterocycles.